The first-order valence-electron chi connectivity index (χ1n) is 4.10. The lowest BCUT2D eigenvalue weighted by Gasteiger charge is -2.07. The predicted octanol–water partition coefficient (Wildman–Crippen LogP) is 5.15. The average Bonchev–Trinajstić information content (AvgIpc) is 2.57. The van der Waals surface area contributed by atoms with Gasteiger partial charge in [0.25, 0.3) is 0 Å². The van der Waals surface area contributed by atoms with Crippen LogP contribution >= 0.6 is 54.8 Å². The normalized spacial score (nSPS) is 12.6. The number of nitrogens with zero attached hydrogens (tertiary/aromatic N) is 2. The Morgan fingerprint density at radius 3 is 2.47 bits per heavy atom. The first-order valence-corrected chi connectivity index (χ1v) is 7.19. The van der Waals surface area contributed by atoms with Crippen molar-refractivity contribution in [3.8, 4) is 0 Å². The number of thiophene rings is 1. The molecule has 2 aromatic rings. The Kier molecular flexibility index (Phi) is 3.69. The fourth-order valence-electron chi connectivity index (χ4n) is 1.26. The van der Waals surface area contributed by atoms with Gasteiger partial charge in [0.05, 0.1) is 14.0 Å². The van der Waals surface area contributed by atoms with Crippen molar-refractivity contribution in [1.82, 2.24) is 9.97 Å². The molecule has 0 saturated heterocycles. The summed E-state index contributed by atoms with van der Waals surface area (Å²) in [6.07, 6.45) is -4.54. The highest BCUT2D eigenvalue weighted by molar-refractivity contribution is 9.24. The topological polar surface area (TPSA) is 25.8 Å². The summed E-state index contributed by atoms with van der Waals surface area (Å²) in [5.41, 5.74) is -0.190. The summed E-state index contributed by atoms with van der Waals surface area (Å²) in [5.74, 6) is 0. The van der Waals surface area contributed by atoms with Crippen molar-refractivity contribution in [3.63, 3.8) is 0 Å². The number of alkyl halides is 5. The van der Waals surface area contributed by atoms with E-state index in [2.05, 4.69) is 41.8 Å². The molecule has 0 bridgehead atoms. The molecule has 0 N–H and O–H groups in total. The van der Waals surface area contributed by atoms with Crippen LogP contribution in [0.1, 0.15) is 15.0 Å². The van der Waals surface area contributed by atoms with Crippen LogP contribution < -0.4 is 0 Å². The van der Waals surface area contributed by atoms with Gasteiger partial charge in [-0.1, -0.05) is 31.9 Å². The third kappa shape index (κ3) is 2.59. The van der Waals surface area contributed by atoms with Crippen LogP contribution in [0, 0.1) is 0 Å². The van der Waals surface area contributed by atoms with Crippen LogP contribution in [0.2, 0.25) is 5.28 Å². The van der Waals surface area contributed by atoms with E-state index >= 15 is 0 Å². The molecule has 0 aliphatic carbocycles. The van der Waals surface area contributed by atoms with E-state index in [4.69, 9.17) is 11.6 Å². The molecule has 0 amide bonds. The highest BCUT2D eigenvalue weighted by Crippen LogP contribution is 2.42. The molecule has 0 atom stereocenters. The standard InChI is InChI=1S/C8H2Br2ClF3N2S/c9-6(10)2-1-17-4-3(2)15-7(11)16-5(4)8(12,13)14/h1,6H. The van der Waals surface area contributed by atoms with Crippen LogP contribution in [0.4, 0.5) is 13.2 Å². The molecule has 0 radical (unpaired) electrons. The van der Waals surface area contributed by atoms with Gasteiger partial charge in [-0.25, -0.2) is 9.97 Å². The molecule has 0 fully saturated rings. The van der Waals surface area contributed by atoms with Crippen molar-refractivity contribution in [2.75, 3.05) is 0 Å². The van der Waals surface area contributed by atoms with Gasteiger partial charge < -0.3 is 0 Å². The Bertz CT molecular complexity index is 570. The fourth-order valence-corrected chi connectivity index (χ4v) is 3.51. The SMILES string of the molecule is FC(F)(F)c1nc(Cl)nc2c(C(Br)Br)csc12. The quantitative estimate of drug-likeness (QED) is 0.480. The van der Waals surface area contributed by atoms with Crippen LogP contribution in [0.15, 0.2) is 5.38 Å². The van der Waals surface area contributed by atoms with E-state index in [1.165, 1.54) is 0 Å². The van der Waals surface area contributed by atoms with Crippen LogP contribution in [0.5, 0.6) is 0 Å². The number of hydrogen-bond acceptors (Lipinski definition) is 3. The Morgan fingerprint density at radius 2 is 1.94 bits per heavy atom. The van der Waals surface area contributed by atoms with E-state index in [9.17, 15) is 13.2 Å². The maximum atomic E-state index is 12.7. The van der Waals surface area contributed by atoms with Gasteiger partial charge in [0, 0.05) is 5.56 Å². The number of aromatic nitrogens is 2. The van der Waals surface area contributed by atoms with E-state index in [1.54, 1.807) is 5.38 Å². The molecule has 0 aromatic carbocycles. The molecule has 17 heavy (non-hydrogen) atoms. The van der Waals surface area contributed by atoms with Gasteiger partial charge in [-0.15, -0.1) is 11.3 Å². The molecule has 2 aromatic heterocycles. The van der Waals surface area contributed by atoms with Crippen LogP contribution in [0.3, 0.4) is 0 Å². The lowest BCUT2D eigenvalue weighted by Crippen LogP contribution is -2.09. The number of hydrogen-bond donors (Lipinski definition) is 0. The summed E-state index contributed by atoms with van der Waals surface area (Å²) in [7, 11) is 0. The number of rotatable bonds is 1. The first-order chi connectivity index (χ1) is 7.80. The molecular formula is C8H2Br2ClF3N2S. The predicted molar refractivity (Wildman–Crippen MR) is 68.0 cm³/mol. The van der Waals surface area contributed by atoms with Crippen LogP contribution in [-0.4, -0.2) is 9.97 Å². The Labute approximate surface area is 119 Å². The minimum atomic E-state index is -4.54. The minimum Gasteiger partial charge on any atom is -0.217 e. The van der Waals surface area contributed by atoms with Crippen molar-refractivity contribution >= 4 is 65.0 Å². The number of halogens is 6. The van der Waals surface area contributed by atoms with E-state index in [-0.39, 0.29) is 14.0 Å². The fraction of sp³-hybridized carbons (Fsp3) is 0.250. The highest BCUT2D eigenvalue weighted by atomic mass is 79.9. The second-order valence-electron chi connectivity index (χ2n) is 3.01. The molecule has 0 saturated carbocycles. The first kappa shape index (κ1) is 13.5. The van der Waals surface area contributed by atoms with Crippen LogP contribution in [0.25, 0.3) is 10.2 Å². The Balaban J connectivity index is 2.79. The largest absolute Gasteiger partial charge is 0.434 e. The summed E-state index contributed by atoms with van der Waals surface area (Å²) in [5, 5.41) is 1.17. The molecule has 0 aliphatic heterocycles. The zero-order chi connectivity index (χ0) is 12.8. The smallest absolute Gasteiger partial charge is 0.217 e. The monoisotopic (exact) mass is 408 g/mol. The molecule has 0 aliphatic rings. The van der Waals surface area contributed by atoms with Gasteiger partial charge in [0.1, 0.15) is 0 Å². The second-order valence-corrected chi connectivity index (χ2v) is 7.29. The van der Waals surface area contributed by atoms with Gasteiger partial charge in [0.2, 0.25) is 5.28 Å². The molecular weight excluding hydrogens is 408 g/mol. The zero-order valence-electron chi connectivity index (χ0n) is 7.73. The molecule has 0 unspecified atom stereocenters. The zero-order valence-corrected chi connectivity index (χ0v) is 12.5. The van der Waals surface area contributed by atoms with Crippen molar-refractivity contribution in [1.29, 1.82) is 0 Å². The van der Waals surface area contributed by atoms with Crippen molar-refractivity contribution < 1.29 is 13.2 Å². The molecule has 2 rings (SSSR count). The summed E-state index contributed by atoms with van der Waals surface area (Å²) < 4.78 is 37.9. The van der Waals surface area contributed by atoms with Gasteiger partial charge in [-0.3, -0.25) is 0 Å². The maximum absolute atomic E-state index is 12.7. The minimum absolute atomic E-state index is 0.0131. The van der Waals surface area contributed by atoms with Crippen molar-refractivity contribution in [3.05, 3.63) is 21.9 Å². The van der Waals surface area contributed by atoms with E-state index < -0.39 is 17.2 Å². The summed E-state index contributed by atoms with van der Waals surface area (Å²) in [6.45, 7) is 0. The van der Waals surface area contributed by atoms with Crippen molar-refractivity contribution in [2.24, 2.45) is 0 Å². The van der Waals surface area contributed by atoms with Gasteiger partial charge in [0.15, 0.2) is 5.69 Å². The molecule has 2 nitrogen and oxygen atoms in total. The maximum Gasteiger partial charge on any atom is 0.434 e. The molecule has 2 heterocycles. The lowest BCUT2D eigenvalue weighted by molar-refractivity contribution is -0.139. The molecule has 9 heteroatoms. The number of fused-ring (bicyclic) bond motifs is 1. The molecule has 0 spiro atoms. The highest BCUT2D eigenvalue weighted by Gasteiger charge is 2.36. The lowest BCUT2D eigenvalue weighted by atomic mass is 10.3. The average molecular weight is 410 g/mol. The Hall–Kier alpha value is 0.0800. The van der Waals surface area contributed by atoms with E-state index in [0.29, 0.717) is 5.56 Å². The van der Waals surface area contributed by atoms with E-state index in [1.807, 2.05) is 0 Å². The van der Waals surface area contributed by atoms with Gasteiger partial charge in [-0.2, -0.15) is 13.2 Å². The summed E-state index contributed by atoms with van der Waals surface area (Å²) in [6, 6.07) is 0. The van der Waals surface area contributed by atoms with Gasteiger partial charge >= 0.3 is 6.18 Å². The third-order valence-corrected chi connectivity index (χ3v) is 4.07. The summed E-state index contributed by atoms with van der Waals surface area (Å²) in [4.78, 5) is 7.09. The summed E-state index contributed by atoms with van der Waals surface area (Å²) >= 11 is 12.9. The van der Waals surface area contributed by atoms with Crippen LogP contribution in [-0.2, 0) is 6.18 Å². The van der Waals surface area contributed by atoms with Gasteiger partial charge in [-0.05, 0) is 17.0 Å². The van der Waals surface area contributed by atoms with Crippen molar-refractivity contribution in [2.45, 2.75) is 9.91 Å². The molecule has 92 valence electrons. The Morgan fingerprint density at radius 1 is 1.29 bits per heavy atom. The second kappa shape index (κ2) is 4.64. The third-order valence-electron chi connectivity index (χ3n) is 1.92. The van der Waals surface area contributed by atoms with E-state index in [0.717, 1.165) is 11.3 Å².